The maximum Gasteiger partial charge on any atom is 0.243 e. The van der Waals surface area contributed by atoms with Crippen molar-refractivity contribution in [1.82, 2.24) is 14.6 Å². The van der Waals surface area contributed by atoms with Gasteiger partial charge in [0.05, 0.1) is 21.4 Å². The number of nitrogens with one attached hydrogen (secondary N) is 1. The number of carbonyl (C=O) groups is 1. The van der Waals surface area contributed by atoms with Gasteiger partial charge in [0.1, 0.15) is 0 Å². The number of nitrogens with zero attached hydrogens (tertiary/aromatic N) is 2. The predicted molar refractivity (Wildman–Crippen MR) is 111 cm³/mol. The molecule has 2 heterocycles. The van der Waals surface area contributed by atoms with Crippen LogP contribution in [0.5, 0.6) is 0 Å². The van der Waals surface area contributed by atoms with Crippen molar-refractivity contribution in [3.63, 3.8) is 0 Å². The Kier molecular flexibility index (Phi) is 5.59. The third-order valence-corrected chi connectivity index (χ3v) is 8.52. The lowest BCUT2D eigenvalue weighted by molar-refractivity contribution is -0.120. The first-order valence-corrected chi connectivity index (χ1v) is 11.6. The van der Waals surface area contributed by atoms with Gasteiger partial charge in [-0.05, 0) is 60.6 Å². The molecule has 0 bridgehead atoms. The van der Waals surface area contributed by atoms with Crippen molar-refractivity contribution in [2.75, 3.05) is 13.1 Å². The number of rotatable bonds is 5. The van der Waals surface area contributed by atoms with Gasteiger partial charge >= 0.3 is 0 Å². The summed E-state index contributed by atoms with van der Waals surface area (Å²) in [6.45, 7) is 0.860. The highest BCUT2D eigenvalue weighted by molar-refractivity contribution is 7.89. The number of amides is 1. The maximum absolute atomic E-state index is 12.9. The quantitative estimate of drug-likeness (QED) is 0.752. The Hall–Kier alpha value is -1.67. The van der Waals surface area contributed by atoms with Gasteiger partial charge in [-0.3, -0.25) is 9.78 Å². The van der Waals surface area contributed by atoms with E-state index in [0.717, 1.165) is 24.8 Å². The number of pyridine rings is 1. The third kappa shape index (κ3) is 4.28. The second-order valence-electron chi connectivity index (χ2n) is 7.70. The van der Waals surface area contributed by atoms with Crippen molar-refractivity contribution in [3.8, 4) is 0 Å². The van der Waals surface area contributed by atoms with Crippen LogP contribution in [-0.2, 0) is 21.2 Å². The van der Waals surface area contributed by atoms with E-state index in [1.165, 1.54) is 22.5 Å². The molecule has 9 heteroatoms. The first-order valence-electron chi connectivity index (χ1n) is 9.44. The van der Waals surface area contributed by atoms with Gasteiger partial charge in [-0.1, -0.05) is 23.2 Å². The highest BCUT2D eigenvalue weighted by Crippen LogP contribution is 2.54. The molecular formula is C20H21Cl2N3O3S. The summed E-state index contributed by atoms with van der Waals surface area (Å²) in [5.41, 5.74) is 0.937. The summed E-state index contributed by atoms with van der Waals surface area (Å²) in [5.74, 6) is -0.0102. The molecule has 1 amide bonds. The van der Waals surface area contributed by atoms with Gasteiger partial charge in [-0.25, -0.2) is 8.42 Å². The van der Waals surface area contributed by atoms with Crippen molar-refractivity contribution in [3.05, 3.63) is 58.3 Å². The van der Waals surface area contributed by atoms with E-state index in [1.54, 1.807) is 12.4 Å². The van der Waals surface area contributed by atoms with Crippen LogP contribution in [0.2, 0.25) is 10.0 Å². The first kappa shape index (κ1) is 20.6. The minimum Gasteiger partial charge on any atom is -0.353 e. The number of piperidine rings is 1. The Morgan fingerprint density at radius 2 is 1.83 bits per heavy atom. The van der Waals surface area contributed by atoms with Crippen molar-refractivity contribution in [2.45, 2.75) is 36.6 Å². The molecule has 29 heavy (non-hydrogen) atoms. The summed E-state index contributed by atoms with van der Waals surface area (Å²) >= 11 is 11.9. The monoisotopic (exact) mass is 453 g/mol. The van der Waals surface area contributed by atoms with Crippen LogP contribution in [0.4, 0.5) is 0 Å². The Morgan fingerprint density at radius 1 is 1.14 bits per heavy atom. The van der Waals surface area contributed by atoms with Gasteiger partial charge in [0.25, 0.3) is 0 Å². The van der Waals surface area contributed by atoms with E-state index in [-0.39, 0.29) is 27.3 Å². The molecule has 4 rings (SSSR count). The van der Waals surface area contributed by atoms with E-state index in [9.17, 15) is 13.2 Å². The highest BCUT2D eigenvalue weighted by atomic mass is 35.5. The second kappa shape index (κ2) is 7.87. The summed E-state index contributed by atoms with van der Waals surface area (Å²) in [6.07, 6.45) is 6.03. The van der Waals surface area contributed by atoms with Crippen LogP contribution in [0.25, 0.3) is 0 Å². The predicted octanol–water partition coefficient (Wildman–Crippen LogP) is 3.29. The van der Waals surface area contributed by atoms with Crippen LogP contribution in [-0.4, -0.2) is 42.7 Å². The highest BCUT2D eigenvalue weighted by Gasteiger charge is 2.56. The number of carbonyl (C=O) groups excluding carboxylic acids is 1. The average molecular weight is 454 g/mol. The summed E-state index contributed by atoms with van der Waals surface area (Å²) in [7, 11) is -3.61. The largest absolute Gasteiger partial charge is 0.353 e. The van der Waals surface area contributed by atoms with Crippen LogP contribution >= 0.6 is 23.2 Å². The molecule has 1 aromatic heterocycles. The van der Waals surface area contributed by atoms with Crippen LogP contribution in [0, 0.1) is 5.41 Å². The molecule has 1 N–H and O–H groups in total. The summed E-state index contributed by atoms with van der Waals surface area (Å²) < 4.78 is 27.3. The third-order valence-electron chi connectivity index (χ3n) is 5.89. The van der Waals surface area contributed by atoms with Crippen molar-refractivity contribution >= 4 is 39.1 Å². The van der Waals surface area contributed by atoms with Crippen LogP contribution in [0.1, 0.15) is 24.8 Å². The molecule has 1 saturated carbocycles. The van der Waals surface area contributed by atoms with Crippen molar-refractivity contribution < 1.29 is 13.2 Å². The van der Waals surface area contributed by atoms with Gasteiger partial charge in [-0.15, -0.1) is 0 Å². The Balaban J connectivity index is 1.34. The fourth-order valence-electron chi connectivity index (χ4n) is 3.99. The van der Waals surface area contributed by atoms with Crippen molar-refractivity contribution in [2.24, 2.45) is 5.41 Å². The number of hydrogen-bond acceptors (Lipinski definition) is 4. The first-order chi connectivity index (χ1) is 13.8. The topological polar surface area (TPSA) is 79.4 Å². The lowest BCUT2D eigenvalue weighted by Gasteiger charge is -2.32. The lowest BCUT2D eigenvalue weighted by Crippen LogP contribution is -2.41. The number of hydrogen-bond donors (Lipinski definition) is 1. The van der Waals surface area contributed by atoms with E-state index >= 15 is 0 Å². The van der Waals surface area contributed by atoms with Gasteiger partial charge < -0.3 is 5.32 Å². The Morgan fingerprint density at radius 3 is 2.48 bits per heavy atom. The Bertz CT molecular complexity index is 1020. The fourth-order valence-corrected chi connectivity index (χ4v) is 5.82. The van der Waals surface area contributed by atoms with Gasteiger partial charge in [-0.2, -0.15) is 4.31 Å². The van der Waals surface area contributed by atoms with Crippen LogP contribution < -0.4 is 5.32 Å². The summed E-state index contributed by atoms with van der Waals surface area (Å²) in [4.78, 5) is 16.4. The SMILES string of the molecule is O=C(Cc1ccncc1)NC1CC12CCN(S(=O)(=O)c1ccc(Cl)c(Cl)c1)CC2. The molecule has 0 radical (unpaired) electrons. The zero-order valence-electron chi connectivity index (χ0n) is 15.6. The van der Waals surface area contributed by atoms with E-state index in [0.29, 0.717) is 24.5 Å². The molecule has 1 saturated heterocycles. The zero-order chi connectivity index (χ0) is 20.6. The van der Waals surface area contributed by atoms with E-state index < -0.39 is 10.0 Å². The molecular weight excluding hydrogens is 433 g/mol. The van der Waals surface area contributed by atoms with Gasteiger partial charge in [0, 0.05) is 31.5 Å². The number of aromatic nitrogens is 1. The molecule has 1 aliphatic carbocycles. The molecule has 1 spiro atoms. The molecule has 6 nitrogen and oxygen atoms in total. The fraction of sp³-hybridized carbons (Fsp3) is 0.400. The summed E-state index contributed by atoms with van der Waals surface area (Å²) in [6, 6.07) is 8.14. The minimum atomic E-state index is -3.61. The standard InChI is InChI=1S/C20H21Cl2N3O3S/c21-16-2-1-15(12-17(16)22)29(27,28)25-9-5-20(6-10-25)13-18(20)24-19(26)11-14-3-7-23-8-4-14/h1-4,7-8,12,18H,5-6,9-11,13H2,(H,24,26). The minimum absolute atomic E-state index is 0.0102. The van der Waals surface area contributed by atoms with Gasteiger partial charge in [0.15, 0.2) is 0 Å². The second-order valence-corrected chi connectivity index (χ2v) is 10.5. The molecule has 154 valence electrons. The maximum atomic E-state index is 12.9. The smallest absolute Gasteiger partial charge is 0.243 e. The Labute approximate surface area is 180 Å². The van der Waals surface area contributed by atoms with Crippen LogP contribution in [0.3, 0.4) is 0 Å². The molecule has 1 aliphatic heterocycles. The van der Waals surface area contributed by atoms with E-state index in [4.69, 9.17) is 23.2 Å². The number of halogens is 2. The molecule has 2 fully saturated rings. The molecule has 1 aromatic carbocycles. The zero-order valence-corrected chi connectivity index (χ0v) is 18.0. The van der Waals surface area contributed by atoms with E-state index in [2.05, 4.69) is 10.3 Å². The molecule has 2 aliphatic rings. The van der Waals surface area contributed by atoms with Crippen LogP contribution in [0.15, 0.2) is 47.6 Å². The van der Waals surface area contributed by atoms with Crippen molar-refractivity contribution in [1.29, 1.82) is 0 Å². The van der Waals surface area contributed by atoms with Gasteiger partial charge in [0.2, 0.25) is 15.9 Å². The number of sulfonamides is 1. The van der Waals surface area contributed by atoms with E-state index in [1.807, 2.05) is 12.1 Å². The lowest BCUT2D eigenvalue weighted by atomic mass is 9.94. The average Bonchev–Trinajstić information content (AvgIpc) is 3.35. The molecule has 1 atom stereocenters. The normalized spacial score (nSPS) is 21.1. The molecule has 1 unspecified atom stereocenters. The number of benzene rings is 1. The molecule has 2 aromatic rings. The summed E-state index contributed by atoms with van der Waals surface area (Å²) in [5, 5.41) is 3.65.